The molecule has 2 aromatic carbocycles. The molecule has 1 aromatic heterocycles. The zero-order chi connectivity index (χ0) is 21.8. The van der Waals surface area contributed by atoms with Crippen molar-refractivity contribution < 1.29 is 19.4 Å². The molecule has 0 radical (unpaired) electrons. The van der Waals surface area contributed by atoms with E-state index in [1.54, 1.807) is 6.33 Å². The SMILES string of the molecule is COC(=O)C1=C(Nc2ccc3c(c2)ncn3CCc2ccccc2)C(=O)N(CCO)C1. The molecule has 0 unspecified atom stereocenters. The number of β-amino-alcohol motifs (C(OH)–C–C–N with tert-alkyl or cyclic N) is 1. The third-order valence-corrected chi connectivity index (χ3v) is 5.33. The molecule has 0 spiro atoms. The Kier molecular flexibility index (Phi) is 5.99. The van der Waals surface area contributed by atoms with Gasteiger partial charge in [-0.2, -0.15) is 0 Å². The number of imidazole rings is 1. The van der Waals surface area contributed by atoms with Crippen LogP contribution >= 0.6 is 0 Å². The fourth-order valence-electron chi connectivity index (χ4n) is 3.71. The van der Waals surface area contributed by atoms with Gasteiger partial charge in [0.25, 0.3) is 5.91 Å². The van der Waals surface area contributed by atoms with Crippen molar-refractivity contribution in [3.63, 3.8) is 0 Å². The van der Waals surface area contributed by atoms with Crippen molar-refractivity contribution in [3.8, 4) is 0 Å². The second-order valence-corrected chi connectivity index (χ2v) is 7.30. The van der Waals surface area contributed by atoms with Crippen LogP contribution < -0.4 is 5.32 Å². The van der Waals surface area contributed by atoms with E-state index >= 15 is 0 Å². The third kappa shape index (κ3) is 4.29. The minimum absolute atomic E-state index is 0.102. The summed E-state index contributed by atoms with van der Waals surface area (Å²) in [6, 6.07) is 15.9. The summed E-state index contributed by atoms with van der Waals surface area (Å²) >= 11 is 0. The Balaban J connectivity index is 1.54. The maximum Gasteiger partial charge on any atom is 0.337 e. The average molecular weight is 420 g/mol. The summed E-state index contributed by atoms with van der Waals surface area (Å²) in [6.45, 7) is 0.875. The van der Waals surface area contributed by atoms with Crippen LogP contribution in [0.3, 0.4) is 0 Å². The van der Waals surface area contributed by atoms with E-state index in [4.69, 9.17) is 4.74 Å². The molecular weight excluding hydrogens is 396 g/mol. The number of carbonyl (C=O) groups excluding carboxylic acids is 2. The Morgan fingerprint density at radius 2 is 2.00 bits per heavy atom. The number of nitrogens with one attached hydrogen (secondary N) is 1. The summed E-state index contributed by atoms with van der Waals surface area (Å²) in [5.41, 5.74) is 4.10. The van der Waals surface area contributed by atoms with Crippen molar-refractivity contribution in [1.29, 1.82) is 0 Å². The summed E-state index contributed by atoms with van der Waals surface area (Å²) in [6.07, 6.45) is 2.71. The van der Waals surface area contributed by atoms with Gasteiger partial charge in [-0.15, -0.1) is 0 Å². The molecule has 4 rings (SSSR count). The maximum absolute atomic E-state index is 12.7. The van der Waals surface area contributed by atoms with Crippen molar-refractivity contribution in [2.75, 3.05) is 32.1 Å². The molecular formula is C23H24N4O4. The molecule has 1 amide bonds. The van der Waals surface area contributed by atoms with Gasteiger partial charge in [-0.1, -0.05) is 30.3 Å². The lowest BCUT2D eigenvalue weighted by Crippen LogP contribution is -2.31. The number of anilines is 1. The Morgan fingerprint density at radius 3 is 2.74 bits per heavy atom. The highest BCUT2D eigenvalue weighted by molar-refractivity contribution is 6.08. The van der Waals surface area contributed by atoms with E-state index in [0.29, 0.717) is 5.69 Å². The van der Waals surface area contributed by atoms with Gasteiger partial charge in [-0.25, -0.2) is 9.78 Å². The first kappa shape index (κ1) is 20.6. The van der Waals surface area contributed by atoms with Crippen LogP contribution in [-0.2, 0) is 27.3 Å². The molecule has 0 saturated carbocycles. The number of hydrogen-bond donors (Lipinski definition) is 2. The number of rotatable bonds is 8. The quantitative estimate of drug-likeness (QED) is 0.541. The van der Waals surface area contributed by atoms with Crippen LogP contribution in [0.1, 0.15) is 5.56 Å². The first-order valence-electron chi connectivity index (χ1n) is 10.1. The summed E-state index contributed by atoms with van der Waals surface area (Å²) in [7, 11) is 1.28. The largest absolute Gasteiger partial charge is 0.466 e. The van der Waals surface area contributed by atoms with Gasteiger partial charge in [0.2, 0.25) is 0 Å². The summed E-state index contributed by atoms with van der Waals surface area (Å²) in [5, 5.41) is 12.2. The van der Waals surface area contributed by atoms with Crippen LogP contribution in [0.15, 0.2) is 66.1 Å². The number of ether oxygens (including phenoxy) is 1. The summed E-state index contributed by atoms with van der Waals surface area (Å²) in [4.78, 5) is 30.7. The number of aliphatic hydroxyl groups is 1. The molecule has 0 fully saturated rings. The van der Waals surface area contributed by atoms with Gasteiger partial charge in [0.1, 0.15) is 5.70 Å². The fourth-order valence-corrected chi connectivity index (χ4v) is 3.71. The number of amides is 1. The predicted octanol–water partition coefficient (Wildman–Crippen LogP) is 1.95. The van der Waals surface area contributed by atoms with E-state index in [1.165, 1.54) is 17.6 Å². The molecule has 0 aliphatic carbocycles. The van der Waals surface area contributed by atoms with Crippen molar-refractivity contribution in [2.45, 2.75) is 13.0 Å². The van der Waals surface area contributed by atoms with Gasteiger partial charge in [-0.05, 0) is 30.2 Å². The zero-order valence-electron chi connectivity index (χ0n) is 17.2. The van der Waals surface area contributed by atoms with E-state index in [0.717, 1.165) is 24.0 Å². The average Bonchev–Trinajstić information content (AvgIpc) is 3.34. The van der Waals surface area contributed by atoms with Crippen molar-refractivity contribution >= 4 is 28.6 Å². The lowest BCUT2D eigenvalue weighted by atomic mass is 10.1. The lowest BCUT2D eigenvalue weighted by Gasteiger charge is -2.15. The number of fused-ring (bicyclic) bond motifs is 1. The van der Waals surface area contributed by atoms with E-state index in [2.05, 4.69) is 27.0 Å². The van der Waals surface area contributed by atoms with Gasteiger partial charge in [0.05, 0.1) is 43.2 Å². The third-order valence-electron chi connectivity index (χ3n) is 5.33. The number of aryl methyl sites for hydroxylation is 2. The number of nitrogens with zero attached hydrogens (tertiary/aromatic N) is 3. The minimum atomic E-state index is -0.567. The van der Waals surface area contributed by atoms with Gasteiger partial charge in [0.15, 0.2) is 0 Å². The minimum Gasteiger partial charge on any atom is -0.466 e. The van der Waals surface area contributed by atoms with E-state index in [9.17, 15) is 14.7 Å². The van der Waals surface area contributed by atoms with E-state index < -0.39 is 5.97 Å². The topological polar surface area (TPSA) is 96.7 Å². The van der Waals surface area contributed by atoms with Crippen LogP contribution in [0.5, 0.6) is 0 Å². The molecule has 1 aliphatic heterocycles. The number of carbonyl (C=O) groups is 2. The van der Waals surface area contributed by atoms with Crippen molar-refractivity contribution in [3.05, 3.63) is 71.7 Å². The monoisotopic (exact) mass is 420 g/mol. The zero-order valence-corrected chi connectivity index (χ0v) is 17.2. The molecule has 31 heavy (non-hydrogen) atoms. The molecule has 2 heterocycles. The smallest absolute Gasteiger partial charge is 0.337 e. The Bertz CT molecular complexity index is 1140. The first-order valence-corrected chi connectivity index (χ1v) is 10.1. The van der Waals surface area contributed by atoms with E-state index in [1.807, 2.05) is 36.4 Å². The van der Waals surface area contributed by atoms with Gasteiger partial charge < -0.3 is 24.6 Å². The molecule has 0 atom stereocenters. The Morgan fingerprint density at radius 1 is 1.19 bits per heavy atom. The van der Waals surface area contributed by atoms with Crippen molar-refractivity contribution in [2.24, 2.45) is 0 Å². The highest BCUT2D eigenvalue weighted by atomic mass is 16.5. The number of aliphatic hydroxyl groups excluding tert-OH is 1. The van der Waals surface area contributed by atoms with Crippen LogP contribution in [0, 0.1) is 0 Å². The molecule has 8 heteroatoms. The van der Waals surface area contributed by atoms with Gasteiger partial charge in [-0.3, -0.25) is 4.79 Å². The molecule has 3 aromatic rings. The highest BCUT2D eigenvalue weighted by Crippen LogP contribution is 2.25. The lowest BCUT2D eigenvalue weighted by molar-refractivity contribution is -0.136. The second-order valence-electron chi connectivity index (χ2n) is 7.30. The highest BCUT2D eigenvalue weighted by Gasteiger charge is 2.34. The molecule has 8 nitrogen and oxygen atoms in total. The predicted molar refractivity (Wildman–Crippen MR) is 116 cm³/mol. The van der Waals surface area contributed by atoms with Gasteiger partial charge in [0, 0.05) is 18.8 Å². The fraction of sp³-hybridized carbons (Fsp3) is 0.261. The number of methoxy groups -OCH3 is 1. The number of aromatic nitrogens is 2. The number of esters is 1. The van der Waals surface area contributed by atoms with Crippen LogP contribution in [0.4, 0.5) is 5.69 Å². The molecule has 160 valence electrons. The number of benzene rings is 2. The first-order chi connectivity index (χ1) is 15.1. The molecule has 0 saturated heterocycles. The Labute approximate surface area is 179 Å². The van der Waals surface area contributed by atoms with Gasteiger partial charge >= 0.3 is 5.97 Å². The summed E-state index contributed by atoms with van der Waals surface area (Å²) < 4.78 is 6.91. The summed E-state index contributed by atoms with van der Waals surface area (Å²) in [5.74, 6) is -0.912. The number of hydrogen-bond acceptors (Lipinski definition) is 6. The normalized spacial score (nSPS) is 13.9. The van der Waals surface area contributed by atoms with E-state index in [-0.39, 0.29) is 36.9 Å². The standard InChI is InChI=1S/C23H24N4O4/c1-31-23(30)18-14-26(11-12-28)22(29)21(18)25-17-7-8-20-19(13-17)24-15-27(20)10-9-16-5-3-2-4-6-16/h2-8,13,15,25,28H,9-12,14H2,1H3. The van der Waals surface area contributed by atoms with Crippen LogP contribution in [-0.4, -0.2) is 58.2 Å². The Hall–Kier alpha value is -3.65. The maximum atomic E-state index is 12.7. The van der Waals surface area contributed by atoms with Crippen LogP contribution in [0.25, 0.3) is 11.0 Å². The second kappa shape index (κ2) is 9.01. The molecule has 2 N–H and O–H groups in total. The van der Waals surface area contributed by atoms with Crippen LogP contribution in [0.2, 0.25) is 0 Å². The molecule has 0 bridgehead atoms. The van der Waals surface area contributed by atoms with Crippen molar-refractivity contribution in [1.82, 2.24) is 14.5 Å². The molecule has 1 aliphatic rings.